The second kappa shape index (κ2) is 5.09. The van der Waals surface area contributed by atoms with E-state index in [0.29, 0.717) is 5.69 Å². The highest BCUT2D eigenvalue weighted by atomic mass is 127. The molecule has 0 aliphatic rings. The first-order valence-electron chi connectivity index (χ1n) is 4.37. The highest BCUT2D eigenvalue weighted by Gasteiger charge is 2.17. The molecule has 4 nitrogen and oxygen atoms in total. The smallest absolute Gasteiger partial charge is 0.273 e. The molecule has 0 saturated carbocycles. The molecular formula is C9H6ClIN2O2S2. The highest BCUT2D eigenvalue weighted by molar-refractivity contribution is 14.1. The van der Waals surface area contributed by atoms with Gasteiger partial charge in [-0.2, -0.15) is 0 Å². The van der Waals surface area contributed by atoms with Crippen molar-refractivity contribution in [3.63, 3.8) is 0 Å². The van der Waals surface area contributed by atoms with E-state index < -0.39 is 10.0 Å². The molecule has 8 heteroatoms. The Bertz CT molecular complexity index is 642. The van der Waals surface area contributed by atoms with Crippen LogP contribution in [0.4, 0.5) is 5.69 Å². The summed E-state index contributed by atoms with van der Waals surface area (Å²) in [6, 6.07) is 7.07. The summed E-state index contributed by atoms with van der Waals surface area (Å²) in [7, 11) is -3.59. The van der Waals surface area contributed by atoms with Crippen molar-refractivity contribution in [2.45, 2.75) is 4.21 Å². The Balaban J connectivity index is 2.29. The minimum absolute atomic E-state index is 0.0985. The fourth-order valence-electron chi connectivity index (χ4n) is 1.12. The molecule has 0 atom stereocenters. The van der Waals surface area contributed by atoms with E-state index in [2.05, 4.69) is 32.3 Å². The summed E-state index contributed by atoms with van der Waals surface area (Å²) in [5.74, 6) is 0. The van der Waals surface area contributed by atoms with Crippen LogP contribution in [-0.2, 0) is 10.0 Å². The van der Waals surface area contributed by atoms with Crippen LogP contribution >= 0.6 is 45.5 Å². The lowest BCUT2D eigenvalue weighted by molar-refractivity contribution is 0.603. The lowest BCUT2D eigenvalue weighted by atomic mass is 10.3. The van der Waals surface area contributed by atoms with Crippen molar-refractivity contribution in [1.29, 1.82) is 0 Å². The Labute approximate surface area is 121 Å². The summed E-state index contributed by atoms with van der Waals surface area (Å²) < 4.78 is 27.6. The summed E-state index contributed by atoms with van der Waals surface area (Å²) in [6.07, 6.45) is 1.24. The molecule has 0 fully saturated rings. The standard InChI is InChI=1S/C9H6ClIN2O2S2/c10-9-12-5-8(16-9)17(14,15)13-7-3-1-2-6(11)4-7/h1-5,13H. The number of nitrogens with zero attached hydrogens (tertiary/aromatic N) is 1. The maximum absolute atomic E-state index is 11.9. The highest BCUT2D eigenvalue weighted by Crippen LogP contribution is 2.25. The van der Waals surface area contributed by atoms with Crippen molar-refractivity contribution < 1.29 is 8.42 Å². The van der Waals surface area contributed by atoms with Gasteiger partial charge in [0.1, 0.15) is 0 Å². The predicted octanol–water partition coefficient (Wildman–Crippen LogP) is 3.20. The van der Waals surface area contributed by atoms with Crippen LogP contribution in [0.5, 0.6) is 0 Å². The van der Waals surface area contributed by atoms with Gasteiger partial charge in [-0.3, -0.25) is 4.72 Å². The summed E-state index contributed by atoms with van der Waals surface area (Å²) in [5, 5.41) is 0. The van der Waals surface area contributed by atoms with Gasteiger partial charge in [0.15, 0.2) is 8.68 Å². The Morgan fingerprint density at radius 2 is 2.18 bits per heavy atom. The number of anilines is 1. The van der Waals surface area contributed by atoms with E-state index in [-0.39, 0.29) is 8.68 Å². The molecule has 1 aromatic heterocycles. The van der Waals surface area contributed by atoms with Crippen LogP contribution in [-0.4, -0.2) is 13.4 Å². The molecule has 1 aromatic carbocycles. The number of aromatic nitrogens is 1. The maximum atomic E-state index is 11.9. The normalized spacial score (nSPS) is 11.4. The third kappa shape index (κ3) is 3.30. The third-order valence-electron chi connectivity index (χ3n) is 1.80. The molecule has 2 rings (SSSR count). The van der Waals surface area contributed by atoms with Crippen LogP contribution in [0.25, 0.3) is 0 Å². The molecular weight excluding hydrogens is 395 g/mol. The number of rotatable bonds is 3. The number of sulfonamides is 1. The molecule has 0 unspecified atom stereocenters. The zero-order valence-corrected chi connectivity index (χ0v) is 12.8. The van der Waals surface area contributed by atoms with Crippen molar-refractivity contribution in [2.24, 2.45) is 0 Å². The molecule has 0 radical (unpaired) electrons. The van der Waals surface area contributed by atoms with Crippen molar-refractivity contribution in [2.75, 3.05) is 4.72 Å². The molecule has 90 valence electrons. The van der Waals surface area contributed by atoms with E-state index in [9.17, 15) is 8.42 Å². The Kier molecular flexibility index (Phi) is 3.91. The summed E-state index contributed by atoms with van der Waals surface area (Å²) in [5.41, 5.74) is 0.515. The summed E-state index contributed by atoms with van der Waals surface area (Å²) >= 11 is 8.64. The average molecular weight is 401 g/mol. The summed E-state index contributed by atoms with van der Waals surface area (Å²) in [4.78, 5) is 3.71. The minimum Gasteiger partial charge on any atom is -0.279 e. The first-order valence-corrected chi connectivity index (χ1v) is 8.13. The van der Waals surface area contributed by atoms with E-state index in [4.69, 9.17) is 11.6 Å². The molecule has 2 aromatic rings. The number of halogens is 2. The lowest BCUT2D eigenvalue weighted by Gasteiger charge is -2.05. The second-order valence-corrected chi connectivity index (χ2v) is 7.82. The molecule has 0 spiro atoms. The summed E-state index contributed by atoms with van der Waals surface area (Å²) in [6.45, 7) is 0. The zero-order chi connectivity index (χ0) is 12.5. The van der Waals surface area contributed by atoms with Crippen molar-refractivity contribution in [3.8, 4) is 0 Å². The van der Waals surface area contributed by atoms with Gasteiger partial charge in [0.05, 0.1) is 6.20 Å². The number of benzene rings is 1. The number of thiazole rings is 1. The van der Waals surface area contributed by atoms with Crippen LogP contribution < -0.4 is 4.72 Å². The monoisotopic (exact) mass is 400 g/mol. The van der Waals surface area contributed by atoms with Crippen LogP contribution in [0.1, 0.15) is 0 Å². The average Bonchev–Trinajstić information content (AvgIpc) is 2.65. The molecule has 1 N–H and O–H groups in total. The van der Waals surface area contributed by atoms with Crippen LogP contribution in [0.3, 0.4) is 0 Å². The van der Waals surface area contributed by atoms with Gasteiger partial charge in [-0.25, -0.2) is 13.4 Å². The van der Waals surface area contributed by atoms with Crippen molar-refractivity contribution in [1.82, 2.24) is 4.98 Å². The number of hydrogen-bond acceptors (Lipinski definition) is 4. The van der Waals surface area contributed by atoms with E-state index in [1.165, 1.54) is 6.20 Å². The number of nitrogens with one attached hydrogen (secondary N) is 1. The van der Waals surface area contributed by atoms with Gasteiger partial charge in [0.25, 0.3) is 10.0 Å². The largest absolute Gasteiger partial charge is 0.279 e. The van der Waals surface area contributed by atoms with E-state index in [1.807, 2.05) is 6.07 Å². The molecule has 0 aliphatic carbocycles. The van der Waals surface area contributed by atoms with Gasteiger partial charge in [0, 0.05) is 9.26 Å². The maximum Gasteiger partial charge on any atom is 0.273 e. The van der Waals surface area contributed by atoms with Crippen molar-refractivity contribution >= 4 is 61.2 Å². The molecule has 0 saturated heterocycles. The molecule has 0 bridgehead atoms. The molecule has 0 amide bonds. The van der Waals surface area contributed by atoms with E-state index >= 15 is 0 Å². The fourth-order valence-corrected chi connectivity index (χ4v) is 4.01. The van der Waals surface area contributed by atoms with Gasteiger partial charge < -0.3 is 0 Å². The first-order chi connectivity index (χ1) is 7.97. The van der Waals surface area contributed by atoms with Gasteiger partial charge in [-0.15, -0.1) is 0 Å². The van der Waals surface area contributed by atoms with Crippen LogP contribution in [0, 0.1) is 3.57 Å². The topological polar surface area (TPSA) is 59.1 Å². The SMILES string of the molecule is O=S(=O)(Nc1cccc(I)c1)c1cnc(Cl)s1. The van der Waals surface area contributed by atoms with Gasteiger partial charge in [-0.1, -0.05) is 29.0 Å². The number of hydrogen-bond donors (Lipinski definition) is 1. The van der Waals surface area contributed by atoms with Crippen molar-refractivity contribution in [3.05, 3.63) is 38.5 Å². The first kappa shape index (κ1) is 13.1. The second-order valence-electron chi connectivity index (χ2n) is 3.05. The van der Waals surface area contributed by atoms with Gasteiger partial charge in [-0.05, 0) is 40.8 Å². The van der Waals surface area contributed by atoms with Crippen LogP contribution in [0.2, 0.25) is 4.47 Å². The lowest BCUT2D eigenvalue weighted by Crippen LogP contribution is -2.11. The third-order valence-corrected chi connectivity index (χ3v) is 5.43. The van der Waals surface area contributed by atoms with Gasteiger partial charge in [0.2, 0.25) is 0 Å². The fraction of sp³-hybridized carbons (Fsp3) is 0. The minimum atomic E-state index is -3.59. The Hall–Kier alpha value is -0.380. The quantitative estimate of drug-likeness (QED) is 0.805. The molecule has 0 aliphatic heterocycles. The molecule has 1 heterocycles. The zero-order valence-electron chi connectivity index (χ0n) is 8.22. The van der Waals surface area contributed by atoms with E-state index in [0.717, 1.165) is 14.9 Å². The van der Waals surface area contributed by atoms with Gasteiger partial charge >= 0.3 is 0 Å². The van der Waals surface area contributed by atoms with E-state index in [1.54, 1.807) is 18.2 Å². The molecule has 17 heavy (non-hydrogen) atoms. The predicted molar refractivity (Wildman–Crippen MR) is 77.1 cm³/mol. The Morgan fingerprint density at radius 3 is 2.76 bits per heavy atom. The van der Waals surface area contributed by atoms with Crippen LogP contribution in [0.15, 0.2) is 34.7 Å². The Morgan fingerprint density at radius 1 is 1.41 bits per heavy atom.